The van der Waals surface area contributed by atoms with Gasteiger partial charge in [0, 0.05) is 44.4 Å². The number of amides is 1. The van der Waals surface area contributed by atoms with Gasteiger partial charge in [-0.15, -0.1) is 0 Å². The highest BCUT2D eigenvalue weighted by Crippen LogP contribution is 2.31. The molecule has 0 N–H and O–H groups in total. The number of hydrogen-bond donors (Lipinski definition) is 0. The van der Waals surface area contributed by atoms with E-state index in [1.807, 2.05) is 37.2 Å². The van der Waals surface area contributed by atoms with Gasteiger partial charge in [-0.25, -0.2) is 4.98 Å². The molecule has 4 rings (SSSR count). The minimum absolute atomic E-state index is 0.0502. The number of piperidine rings is 1. The smallest absolute Gasteiger partial charge is 0.269 e. The minimum atomic E-state index is -0.831. The van der Waals surface area contributed by atoms with Crippen LogP contribution in [0.25, 0.3) is 0 Å². The first-order chi connectivity index (χ1) is 13.0. The number of carbonyl (C=O) groups is 1. The lowest BCUT2D eigenvalue weighted by molar-refractivity contribution is -0.154. The van der Waals surface area contributed by atoms with Crippen molar-refractivity contribution in [3.05, 3.63) is 54.1 Å². The van der Waals surface area contributed by atoms with Gasteiger partial charge >= 0.3 is 0 Å². The molecular formula is C21H26N4O2. The summed E-state index contributed by atoms with van der Waals surface area (Å²) in [6.45, 7) is 6.04. The van der Waals surface area contributed by atoms with E-state index in [1.54, 1.807) is 0 Å². The summed E-state index contributed by atoms with van der Waals surface area (Å²) in [6, 6.07) is 10.4. The van der Waals surface area contributed by atoms with Gasteiger partial charge in [-0.2, -0.15) is 0 Å². The van der Waals surface area contributed by atoms with E-state index in [0.717, 1.165) is 44.0 Å². The summed E-state index contributed by atoms with van der Waals surface area (Å²) in [5.74, 6) is 1.55. The lowest BCUT2D eigenvalue weighted by atomic mass is 9.92. The SMILES string of the molecule is CC1=NO[C@](C)(C(=O)N2CCC(c3nccn3Cc3ccccc3)CC2)C1. The van der Waals surface area contributed by atoms with Gasteiger partial charge in [-0.05, 0) is 32.3 Å². The molecule has 6 heteroatoms. The Morgan fingerprint density at radius 3 is 2.67 bits per heavy atom. The van der Waals surface area contributed by atoms with Crippen LogP contribution in [0.4, 0.5) is 0 Å². The summed E-state index contributed by atoms with van der Waals surface area (Å²) in [5.41, 5.74) is 1.32. The van der Waals surface area contributed by atoms with Crippen molar-refractivity contribution in [2.24, 2.45) is 5.16 Å². The molecule has 1 fully saturated rings. The lowest BCUT2D eigenvalue weighted by Gasteiger charge is -2.35. The molecule has 2 aromatic rings. The largest absolute Gasteiger partial charge is 0.379 e. The predicted octanol–water partition coefficient (Wildman–Crippen LogP) is 3.19. The molecule has 1 saturated heterocycles. The monoisotopic (exact) mass is 366 g/mol. The summed E-state index contributed by atoms with van der Waals surface area (Å²) >= 11 is 0. The second-order valence-corrected chi connectivity index (χ2v) is 7.79. The van der Waals surface area contributed by atoms with Crippen LogP contribution in [0.15, 0.2) is 47.9 Å². The first-order valence-corrected chi connectivity index (χ1v) is 9.61. The number of nitrogens with zero attached hydrogens (tertiary/aromatic N) is 4. The highest BCUT2D eigenvalue weighted by molar-refractivity contribution is 5.94. The molecule has 0 radical (unpaired) electrons. The Kier molecular flexibility index (Phi) is 4.72. The fourth-order valence-corrected chi connectivity index (χ4v) is 4.12. The zero-order valence-electron chi connectivity index (χ0n) is 16.0. The summed E-state index contributed by atoms with van der Waals surface area (Å²) in [6.07, 6.45) is 6.35. The van der Waals surface area contributed by atoms with Crippen molar-refractivity contribution in [2.45, 2.75) is 51.2 Å². The number of imidazole rings is 1. The number of hydrogen-bond acceptors (Lipinski definition) is 4. The standard InChI is InChI=1S/C21H26N4O2/c1-16-14-21(2,27-23-16)20(26)24-11-8-18(9-12-24)19-22-10-13-25(19)15-17-6-4-3-5-7-17/h3-7,10,13,18H,8-9,11-12,14-15H2,1-2H3/t21-/m0/s1. The van der Waals surface area contributed by atoms with E-state index in [9.17, 15) is 4.79 Å². The fraction of sp³-hybridized carbons (Fsp3) is 0.476. The third kappa shape index (κ3) is 3.61. The van der Waals surface area contributed by atoms with Crippen molar-refractivity contribution < 1.29 is 9.63 Å². The molecule has 0 aliphatic carbocycles. The third-order valence-electron chi connectivity index (χ3n) is 5.54. The van der Waals surface area contributed by atoms with Crippen molar-refractivity contribution in [2.75, 3.05) is 13.1 Å². The summed E-state index contributed by atoms with van der Waals surface area (Å²) in [4.78, 5) is 24.9. The molecule has 0 bridgehead atoms. The van der Waals surface area contributed by atoms with Crippen LogP contribution in [0.2, 0.25) is 0 Å². The van der Waals surface area contributed by atoms with Crippen molar-refractivity contribution in [3.8, 4) is 0 Å². The van der Waals surface area contributed by atoms with E-state index in [2.05, 4.69) is 39.0 Å². The number of aromatic nitrogens is 2. The van der Waals surface area contributed by atoms with Crippen molar-refractivity contribution >= 4 is 11.6 Å². The zero-order valence-corrected chi connectivity index (χ0v) is 16.0. The Labute approximate surface area is 159 Å². The van der Waals surface area contributed by atoms with Crippen LogP contribution in [0.1, 0.15) is 50.4 Å². The predicted molar refractivity (Wildman–Crippen MR) is 104 cm³/mol. The second-order valence-electron chi connectivity index (χ2n) is 7.79. The molecule has 0 spiro atoms. The molecule has 27 heavy (non-hydrogen) atoms. The molecule has 0 saturated carbocycles. The zero-order chi connectivity index (χ0) is 18.9. The van der Waals surface area contributed by atoms with Gasteiger partial charge in [0.1, 0.15) is 5.82 Å². The van der Waals surface area contributed by atoms with Gasteiger partial charge in [0.05, 0.1) is 5.71 Å². The van der Waals surface area contributed by atoms with Crippen molar-refractivity contribution in [3.63, 3.8) is 0 Å². The summed E-state index contributed by atoms with van der Waals surface area (Å²) < 4.78 is 2.23. The van der Waals surface area contributed by atoms with Crippen LogP contribution >= 0.6 is 0 Å². The summed E-state index contributed by atoms with van der Waals surface area (Å²) in [7, 11) is 0. The van der Waals surface area contributed by atoms with Gasteiger partial charge in [-0.1, -0.05) is 35.5 Å². The molecular weight excluding hydrogens is 340 g/mol. The maximum atomic E-state index is 12.9. The number of benzene rings is 1. The van der Waals surface area contributed by atoms with Gasteiger partial charge in [-0.3, -0.25) is 4.79 Å². The minimum Gasteiger partial charge on any atom is -0.379 e. The topological polar surface area (TPSA) is 59.7 Å². The van der Waals surface area contributed by atoms with Crippen molar-refractivity contribution in [1.29, 1.82) is 0 Å². The number of rotatable bonds is 4. The Morgan fingerprint density at radius 2 is 2.00 bits per heavy atom. The quantitative estimate of drug-likeness (QED) is 0.835. The third-order valence-corrected chi connectivity index (χ3v) is 5.54. The van der Waals surface area contributed by atoms with Gasteiger partial charge in [0.2, 0.25) is 5.60 Å². The Morgan fingerprint density at radius 1 is 1.26 bits per heavy atom. The van der Waals surface area contributed by atoms with Crippen molar-refractivity contribution in [1.82, 2.24) is 14.5 Å². The van der Waals surface area contributed by atoms with E-state index in [1.165, 1.54) is 5.56 Å². The molecule has 0 unspecified atom stereocenters. The maximum absolute atomic E-state index is 12.9. The van der Waals surface area contributed by atoms with Gasteiger partial charge < -0.3 is 14.3 Å². The molecule has 1 atom stereocenters. The second kappa shape index (κ2) is 7.18. The molecule has 1 amide bonds. The molecule has 1 aromatic carbocycles. The van der Waals surface area contributed by atoms with Gasteiger partial charge in [0.15, 0.2) is 0 Å². The molecule has 2 aliphatic heterocycles. The van der Waals surface area contributed by atoms with E-state index in [0.29, 0.717) is 12.3 Å². The van der Waals surface area contributed by atoms with Crippen LogP contribution in [-0.4, -0.2) is 44.8 Å². The average Bonchev–Trinajstić information content (AvgIpc) is 3.29. The molecule has 6 nitrogen and oxygen atoms in total. The van der Waals surface area contributed by atoms with Crippen LogP contribution in [0.5, 0.6) is 0 Å². The highest BCUT2D eigenvalue weighted by Gasteiger charge is 2.44. The Bertz CT molecular complexity index is 837. The fourth-order valence-electron chi connectivity index (χ4n) is 4.12. The van der Waals surface area contributed by atoms with Crippen LogP contribution in [0, 0.1) is 0 Å². The van der Waals surface area contributed by atoms with Crippen LogP contribution in [-0.2, 0) is 16.2 Å². The number of oxime groups is 1. The molecule has 142 valence electrons. The molecule has 3 heterocycles. The van der Waals surface area contributed by atoms with E-state index in [4.69, 9.17) is 4.84 Å². The molecule has 2 aliphatic rings. The van der Waals surface area contributed by atoms with Gasteiger partial charge in [0.25, 0.3) is 5.91 Å². The Balaban J connectivity index is 1.39. The highest BCUT2D eigenvalue weighted by atomic mass is 16.7. The number of carbonyl (C=O) groups excluding carboxylic acids is 1. The first kappa shape index (κ1) is 17.8. The lowest BCUT2D eigenvalue weighted by Crippen LogP contribution is -2.50. The van der Waals surface area contributed by atoms with Crippen LogP contribution in [0.3, 0.4) is 0 Å². The molecule has 1 aromatic heterocycles. The summed E-state index contributed by atoms with van der Waals surface area (Å²) in [5, 5.41) is 3.97. The number of likely N-dealkylation sites (tertiary alicyclic amines) is 1. The van der Waals surface area contributed by atoms with E-state index >= 15 is 0 Å². The average molecular weight is 366 g/mol. The first-order valence-electron chi connectivity index (χ1n) is 9.61. The van der Waals surface area contributed by atoms with E-state index < -0.39 is 5.60 Å². The Hall–Kier alpha value is -2.63. The normalized spacial score (nSPS) is 23.2. The van der Waals surface area contributed by atoms with Crippen LogP contribution < -0.4 is 0 Å². The van der Waals surface area contributed by atoms with E-state index in [-0.39, 0.29) is 5.91 Å². The maximum Gasteiger partial charge on any atom is 0.269 e.